The van der Waals surface area contributed by atoms with Gasteiger partial charge in [-0.1, -0.05) is 0 Å². The lowest BCUT2D eigenvalue weighted by Gasteiger charge is -2.16. The van der Waals surface area contributed by atoms with Gasteiger partial charge in [-0.3, -0.25) is 0 Å². The van der Waals surface area contributed by atoms with Gasteiger partial charge in [0.25, 0.3) is 0 Å². The summed E-state index contributed by atoms with van der Waals surface area (Å²) in [5, 5.41) is 3.46. The fraction of sp³-hybridized carbons (Fsp3) is 1.00. The van der Waals surface area contributed by atoms with E-state index < -0.39 is 0 Å². The molecule has 1 rings (SSSR count). The van der Waals surface area contributed by atoms with Crippen molar-refractivity contribution in [1.82, 2.24) is 10.2 Å². The van der Waals surface area contributed by atoms with Gasteiger partial charge in [0.05, 0.1) is 19.3 Å². The van der Waals surface area contributed by atoms with E-state index in [1.165, 1.54) is 0 Å². The van der Waals surface area contributed by atoms with E-state index in [1.807, 2.05) is 0 Å². The molecule has 0 aromatic heterocycles. The minimum atomic E-state index is 0.353. The van der Waals surface area contributed by atoms with Crippen LogP contribution in [0.3, 0.4) is 0 Å². The highest BCUT2D eigenvalue weighted by atomic mass is 16.5. The van der Waals surface area contributed by atoms with Crippen LogP contribution in [0.4, 0.5) is 0 Å². The summed E-state index contributed by atoms with van der Waals surface area (Å²) in [7, 11) is 4.11. The summed E-state index contributed by atoms with van der Waals surface area (Å²) in [4.78, 5) is 2.13. The Hall–Kier alpha value is -0.160. The average molecular weight is 216 g/mol. The molecule has 1 heterocycles. The van der Waals surface area contributed by atoms with Crippen LogP contribution in [0.25, 0.3) is 0 Å². The lowest BCUT2D eigenvalue weighted by molar-refractivity contribution is 0.101. The lowest BCUT2D eigenvalue weighted by Crippen LogP contribution is -2.37. The van der Waals surface area contributed by atoms with Gasteiger partial charge < -0.3 is 19.7 Å². The first kappa shape index (κ1) is 12.9. The van der Waals surface area contributed by atoms with Crippen molar-refractivity contribution in [3.8, 4) is 0 Å². The van der Waals surface area contributed by atoms with Crippen LogP contribution >= 0.6 is 0 Å². The van der Waals surface area contributed by atoms with Gasteiger partial charge in [-0.2, -0.15) is 0 Å². The highest BCUT2D eigenvalue weighted by molar-refractivity contribution is 4.78. The van der Waals surface area contributed by atoms with Crippen molar-refractivity contribution in [1.29, 1.82) is 0 Å². The van der Waals surface area contributed by atoms with E-state index in [9.17, 15) is 0 Å². The SMILES string of the molecule is CC1OCCC1NCCOCCN(C)C. The molecular weight excluding hydrogens is 192 g/mol. The third-order valence-corrected chi connectivity index (χ3v) is 2.71. The van der Waals surface area contributed by atoms with Gasteiger partial charge >= 0.3 is 0 Å². The first-order valence-electron chi connectivity index (χ1n) is 5.77. The molecule has 1 aliphatic heterocycles. The second-order valence-electron chi connectivity index (χ2n) is 4.34. The van der Waals surface area contributed by atoms with Crippen LogP contribution in [0.1, 0.15) is 13.3 Å². The van der Waals surface area contributed by atoms with Crippen LogP contribution in [-0.4, -0.2) is 64.1 Å². The quantitative estimate of drug-likeness (QED) is 0.622. The van der Waals surface area contributed by atoms with Gasteiger partial charge in [-0.05, 0) is 27.4 Å². The number of hydrogen-bond donors (Lipinski definition) is 1. The Morgan fingerprint density at radius 1 is 1.40 bits per heavy atom. The molecule has 1 saturated heterocycles. The zero-order chi connectivity index (χ0) is 11.1. The number of likely N-dealkylation sites (N-methyl/N-ethyl adjacent to an activating group) is 1. The van der Waals surface area contributed by atoms with Crippen LogP contribution in [0.15, 0.2) is 0 Å². The van der Waals surface area contributed by atoms with Crippen LogP contribution in [-0.2, 0) is 9.47 Å². The third kappa shape index (κ3) is 5.47. The largest absolute Gasteiger partial charge is 0.379 e. The fourth-order valence-corrected chi connectivity index (χ4v) is 1.67. The minimum Gasteiger partial charge on any atom is -0.379 e. The predicted octanol–water partition coefficient (Wildman–Crippen LogP) is 0.332. The fourth-order valence-electron chi connectivity index (χ4n) is 1.67. The molecule has 0 bridgehead atoms. The third-order valence-electron chi connectivity index (χ3n) is 2.71. The molecule has 15 heavy (non-hydrogen) atoms. The average Bonchev–Trinajstić information content (AvgIpc) is 2.57. The Labute approximate surface area is 92.9 Å². The molecule has 0 amide bonds. The van der Waals surface area contributed by atoms with Gasteiger partial charge in [0.1, 0.15) is 0 Å². The number of rotatable bonds is 7. The van der Waals surface area contributed by atoms with Gasteiger partial charge in [-0.25, -0.2) is 0 Å². The summed E-state index contributed by atoms with van der Waals surface area (Å²) in [6.07, 6.45) is 1.48. The van der Waals surface area contributed by atoms with Crippen molar-refractivity contribution in [2.75, 3.05) is 47.0 Å². The summed E-state index contributed by atoms with van der Waals surface area (Å²) in [6.45, 7) is 6.52. The van der Waals surface area contributed by atoms with Gasteiger partial charge in [-0.15, -0.1) is 0 Å². The zero-order valence-electron chi connectivity index (χ0n) is 10.2. The van der Waals surface area contributed by atoms with E-state index in [1.54, 1.807) is 0 Å². The molecule has 1 fully saturated rings. The zero-order valence-corrected chi connectivity index (χ0v) is 10.2. The lowest BCUT2D eigenvalue weighted by atomic mass is 10.1. The maximum absolute atomic E-state index is 5.49. The maximum atomic E-state index is 5.49. The highest BCUT2D eigenvalue weighted by Crippen LogP contribution is 2.11. The van der Waals surface area contributed by atoms with Crippen molar-refractivity contribution in [3.05, 3.63) is 0 Å². The second-order valence-corrected chi connectivity index (χ2v) is 4.34. The Kier molecular flexibility index (Phi) is 6.17. The molecule has 90 valence electrons. The molecule has 1 N–H and O–H groups in total. The van der Waals surface area contributed by atoms with Gasteiger partial charge in [0, 0.05) is 25.7 Å². The predicted molar refractivity (Wildman–Crippen MR) is 61.2 cm³/mol. The molecule has 2 unspecified atom stereocenters. The summed E-state index contributed by atoms with van der Waals surface area (Å²) in [5.74, 6) is 0. The molecule has 0 aromatic carbocycles. The first-order chi connectivity index (χ1) is 7.20. The van der Waals surface area contributed by atoms with E-state index in [4.69, 9.17) is 9.47 Å². The minimum absolute atomic E-state index is 0.353. The molecule has 0 spiro atoms. The highest BCUT2D eigenvalue weighted by Gasteiger charge is 2.22. The molecule has 0 radical (unpaired) electrons. The standard InChI is InChI=1S/C11H24N2O2/c1-10-11(4-7-15-10)12-5-8-14-9-6-13(2)3/h10-12H,4-9H2,1-3H3. The van der Waals surface area contributed by atoms with Crippen LogP contribution in [0.2, 0.25) is 0 Å². The van der Waals surface area contributed by atoms with E-state index in [0.717, 1.165) is 39.3 Å². The molecule has 1 aliphatic rings. The Balaban J connectivity index is 1.88. The number of nitrogens with zero attached hydrogens (tertiary/aromatic N) is 1. The van der Waals surface area contributed by atoms with Crippen LogP contribution < -0.4 is 5.32 Å². The van der Waals surface area contributed by atoms with E-state index in [0.29, 0.717) is 12.1 Å². The number of hydrogen-bond acceptors (Lipinski definition) is 4. The molecule has 0 saturated carbocycles. The summed E-state index contributed by atoms with van der Waals surface area (Å²) >= 11 is 0. The molecule has 2 atom stereocenters. The molecular formula is C11H24N2O2. The number of nitrogens with one attached hydrogen (secondary N) is 1. The monoisotopic (exact) mass is 216 g/mol. The van der Waals surface area contributed by atoms with Crippen molar-refractivity contribution in [3.63, 3.8) is 0 Å². The van der Waals surface area contributed by atoms with Crippen molar-refractivity contribution in [2.24, 2.45) is 0 Å². The van der Waals surface area contributed by atoms with E-state index in [2.05, 4.69) is 31.2 Å². The summed E-state index contributed by atoms with van der Waals surface area (Å²) in [5.41, 5.74) is 0. The van der Waals surface area contributed by atoms with Gasteiger partial charge in [0.2, 0.25) is 0 Å². The Morgan fingerprint density at radius 2 is 2.20 bits per heavy atom. The topological polar surface area (TPSA) is 33.7 Å². The smallest absolute Gasteiger partial charge is 0.0700 e. The molecule has 4 heteroatoms. The second kappa shape index (κ2) is 7.17. The summed E-state index contributed by atoms with van der Waals surface area (Å²) < 4.78 is 11.0. The normalized spacial score (nSPS) is 26.4. The molecule has 4 nitrogen and oxygen atoms in total. The van der Waals surface area contributed by atoms with Crippen molar-refractivity contribution < 1.29 is 9.47 Å². The first-order valence-corrected chi connectivity index (χ1v) is 5.77. The van der Waals surface area contributed by atoms with Crippen LogP contribution in [0.5, 0.6) is 0 Å². The van der Waals surface area contributed by atoms with E-state index >= 15 is 0 Å². The van der Waals surface area contributed by atoms with Crippen LogP contribution in [0, 0.1) is 0 Å². The number of ether oxygens (including phenoxy) is 2. The Bertz CT molecular complexity index is 165. The maximum Gasteiger partial charge on any atom is 0.0700 e. The molecule has 0 aliphatic carbocycles. The van der Waals surface area contributed by atoms with Crippen molar-refractivity contribution >= 4 is 0 Å². The summed E-state index contributed by atoms with van der Waals surface area (Å²) in [6, 6.07) is 0.516. The molecule has 0 aromatic rings. The van der Waals surface area contributed by atoms with Gasteiger partial charge in [0.15, 0.2) is 0 Å². The van der Waals surface area contributed by atoms with E-state index in [-0.39, 0.29) is 0 Å². The van der Waals surface area contributed by atoms with Crippen molar-refractivity contribution in [2.45, 2.75) is 25.5 Å². The Morgan fingerprint density at radius 3 is 2.80 bits per heavy atom.